The molecule has 0 unspecified atom stereocenters. The van der Waals surface area contributed by atoms with Crippen molar-refractivity contribution in [1.29, 1.82) is 0 Å². The number of pyridine rings is 1. The van der Waals surface area contributed by atoms with E-state index in [-0.39, 0.29) is 12.1 Å². The van der Waals surface area contributed by atoms with E-state index < -0.39 is 0 Å². The summed E-state index contributed by atoms with van der Waals surface area (Å²) in [6.45, 7) is 9.75. The molecule has 0 aliphatic carbocycles. The van der Waals surface area contributed by atoms with Crippen LogP contribution in [0.5, 0.6) is 0 Å². The van der Waals surface area contributed by atoms with Crippen LogP contribution in [0.3, 0.4) is 0 Å². The summed E-state index contributed by atoms with van der Waals surface area (Å²) in [5.74, 6) is 0. The third kappa shape index (κ3) is 4.64. The lowest BCUT2D eigenvalue weighted by molar-refractivity contribution is 0.0350. The molecule has 2 fully saturated rings. The van der Waals surface area contributed by atoms with E-state index in [0.29, 0.717) is 0 Å². The van der Waals surface area contributed by atoms with Gasteiger partial charge in [-0.15, -0.1) is 0 Å². The van der Waals surface area contributed by atoms with Crippen LogP contribution < -0.4 is 5.32 Å². The lowest BCUT2D eigenvalue weighted by Crippen LogP contribution is -2.42. The van der Waals surface area contributed by atoms with Crippen LogP contribution >= 0.6 is 28.1 Å². The Kier molecular flexibility index (Phi) is 7.01. The number of aryl methyl sites for hydroxylation is 1. The Morgan fingerprint density at radius 1 is 1.09 bits per heavy atom. The molecule has 0 bridgehead atoms. The first-order chi connectivity index (χ1) is 16.5. The molecule has 0 spiro atoms. The summed E-state index contributed by atoms with van der Waals surface area (Å²) in [7, 11) is 0. The van der Waals surface area contributed by atoms with E-state index in [2.05, 4.69) is 85.9 Å². The number of rotatable bonds is 6. The fourth-order valence-corrected chi connectivity index (χ4v) is 5.88. The number of hydrogen-bond donors (Lipinski definition) is 1. The molecule has 8 heteroatoms. The molecular weight excluding hydrogens is 510 g/mol. The summed E-state index contributed by atoms with van der Waals surface area (Å²) >= 11 is 9.51. The highest BCUT2D eigenvalue weighted by Gasteiger charge is 2.41. The van der Waals surface area contributed by atoms with Crippen molar-refractivity contribution < 1.29 is 4.74 Å². The molecule has 2 aliphatic rings. The topological polar surface area (TPSA) is 45.6 Å². The van der Waals surface area contributed by atoms with E-state index in [1.807, 2.05) is 18.3 Å². The van der Waals surface area contributed by atoms with E-state index in [0.717, 1.165) is 60.4 Å². The number of nitrogens with zero attached hydrogens (tertiary/aromatic N) is 4. The minimum absolute atomic E-state index is 0.00477. The fourth-order valence-electron chi connectivity index (χ4n) is 5.16. The monoisotopic (exact) mass is 539 g/mol. The Hall–Kier alpha value is -2.26. The van der Waals surface area contributed by atoms with Crippen LogP contribution in [0, 0.1) is 13.8 Å². The van der Waals surface area contributed by atoms with Crippen molar-refractivity contribution in [3.63, 3.8) is 0 Å². The molecule has 0 radical (unpaired) electrons. The van der Waals surface area contributed by atoms with Gasteiger partial charge in [-0.25, -0.2) is 0 Å². The van der Waals surface area contributed by atoms with Gasteiger partial charge in [0.1, 0.15) is 0 Å². The van der Waals surface area contributed by atoms with Crippen LogP contribution in [-0.2, 0) is 4.74 Å². The molecule has 0 amide bonds. The van der Waals surface area contributed by atoms with Gasteiger partial charge in [-0.05, 0) is 68.0 Å². The van der Waals surface area contributed by atoms with Crippen LogP contribution in [0.1, 0.15) is 34.7 Å². The number of aromatic nitrogens is 2. The standard InChI is InChI=1S/C26H30BrN5OS/c1-18-16-22(19(2)32(18)21-7-5-6-20(27)17-21)25-24(23-8-3-4-9-28-23)29-26(34)31(25)11-10-30-12-14-33-15-13-30/h3-9,16-17,24-25H,10-15H2,1-2H3,(H,29,34)/t24-,25-/m1/s1. The zero-order chi connectivity index (χ0) is 23.7. The number of thiocarbonyl (C=S) groups is 1. The Morgan fingerprint density at radius 3 is 2.65 bits per heavy atom. The maximum Gasteiger partial charge on any atom is 0.170 e. The highest BCUT2D eigenvalue weighted by atomic mass is 79.9. The van der Waals surface area contributed by atoms with E-state index in [1.165, 1.54) is 17.0 Å². The van der Waals surface area contributed by atoms with Crippen molar-refractivity contribution in [2.75, 3.05) is 39.4 Å². The van der Waals surface area contributed by atoms with Gasteiger partial charge < -0.3 is 19.5 Å². The predicted octanol–water partition coefficient (Wildman–Crippen LogP) is 4.56. The summed E-state index contributed by atoms with van der Waals surface area (Å²) in [6.07, 6.45) is 1.86. The second-order valence-electron chi connectivity index (χ2n) is 8.92. The summed E-state index contributed by atoms with van der Waals surface area (Å²) in [5.41, 5.74) is 5.87. The van der Waals surface area contributed by atoms with Crippen LogP contribution in [0.2, 0.25) is 0 Å². The van der Waals surface area contributed by atoms with Crippen molar-refractivity contribution in [3.8, 4) is 5.69 Å². The molecule has 2 aromatic heterocycles. The molecule has 1 aromatic carbocycles. The van der Waals surface area contributed by atoms with Gasteiger partial charge >= 0.3 is 0 Å². The first-order valence-electron chi connectivity index (χ1n) is 11.8. The van der Waals surface area contributed by atoms with Gasteiger partial charge in [0.05, 0.1) is 31.0 Å². The lowest BCUT2D eigenvalue weighted by Gasteiger charge is -2.32. The molecule has 1 N–H and O–H groups in total. The SMILES string of the molecule is Cc1cc([C@@H]2[C@@H](c3ccccn3)NC(=S)N2CCN2CCOCC2)c(C)n1-c1cccc(Br)c1. The normalized spacial score (nSPS) is 21.1. The van der Waals surface area contributed by atoms with Crippen molar-refractivity contribution in [2.45, 2.75) is 25.9 Å². The molecular formula is C26H30BrN5OS. The van der Waals surface area contributed by atoms with Gasteiger partial charge in [-0.3, -0.25) is 9.88 Å². The first-order valence-corrected chi connectivity index (χ1v) is 13.0. The van der Waals surface area contributed by atoms with E-state index in [9.17, 15) is 0 Å². The lowest BCUT2D eigenvalue weighted by atomic mass is 9.96. The van der Waals surface area contributed by atoms with Gasteiger partial charge in [-0.1, -0.05) is 28.1 Å². The molecule has 3 aromatic rings. The van der Waals surface area contributed by atoms with Gasteiger partial charge in [0, 0.05) is 53.9 Å². The zero-order valence-corrected chi connectivity index (χ0v) is 22.0. The number of halogens is 1. The Labute approximate surface area is 215 Å². The number of ether oxygens (including phenoxy) is 1. The summed E-state index contributed by atoms with van der Waals surface area (Å²) in [4.78, 5) is 9.51. The fraction of sp³-hybridized carbons (Fsp3) is 0.385. The molecule has 178 valence electrons. The highest BCUT2D eigenvalue weighted by Crippen LogP contribution is 2.41. The molecule has 6 nitrogen and oxygen atoms in total. The van der Waals surface area contributed by atoms with Crippen molar-refractivity contribution >= 4 is 33.3 Å². The van der Waals surface area contributed by atoms with E-state index >= 15 is 0 Å². The molecule has 0 saturated carbocycles. The summed E-state index contributed by atoms with van der Waals surface area (Å²) in [6, 6.07) is 16.9. The van der Waals surface area contributed by atoms with Gasteiger partial charge in [-0.2, -0.15) is 0 Å². The van der Waals surface area contributed by atoms with Gasteiger partial charge in [0.15, 0.2) is 5.11 Å². The second-order valence-corrected chi connectivity index (χ2v) is 10.2. The maximum atomic E-state index is 5.89. The Balaban J connectivity index is 1.52. The van der Waals surface area contributed by atoms with Crippen molar-refractivity contribution in [3.05, 3.63) is 81.8 Å². The number of hydrogen-bond acceptors (Lipinski definition) is 4. The molecule has 2 aliphatic heterocycles. The minimum Gasteiger partial charge on any atom is -0.379 e. The van der Waals surface area contributed by atoms with Crippen molar-refractivity contribution in [1.82, 2.24) is 24.7 Å². The first kappa shape index (κ1) is 23.5. The predicted molar refractivity (Wildman–Crippen MR) is 142 cm³/mol. The molecule has 34 heavy (non-hydrogen) atoms. The average molecular weight is 541 g/mol. The second kappa shape index (κ2) is 10.2. The average Bonchev–Trinajstić information content (AvgIpc) is 3.33. The quantitative estimate of drug-likeness (QED) is 0.463. The number of nitrogens with one attached hydrogen (secondary N) is 1. The van der Waals surface area contributed by atoms with Gasteiger partial charge in [0.25, 0.3) is 0 Å². The van der Waals surface area contributed by atoms with Crippen molar-refractivity contribution in [2.24, 2.45) is 0 Å². The smallest absolute Gasteiger partial charge is 0.170 e. The van der Waals surface area contributed by atoms with Crippen LogP contribution in [0.15, 0.2) is 59.2 Å². The van der Waals surface area contributed by atoms with E-state index in [4.69, 9.17) is 21.9 Å². The number of morpholine rings is 1. The van der Waals surface area contributed by atoms with Crippen LogP contribution in [-0.4, -0.2) is 63.9 Å². The Bertz CT molecular complexity index is 1160. The third-order valence-corrected chi connectivity index (χ3v) is 7.66. The summed E-state index contributed by atoms with van der Waals surface area (Å²) in [5, 5.41) is 4.39. The number of benzene rings is 1. The third-order valence-electron chi connectivity index (χ3n) is 6.81. The zero-order valence-electron chi connectivity index (χ0n) is 19.6. The summed E-state index contributed by atoms with van der Waals surface area (Å²) < 4.78 is 8.93. The van der Waals surface area contributed by atoms with Crippen LogP contribution in [0.4, 0.5) is 0 Å². The highest BCUT2D eigenvalue weighted by molar-refractivity contribution is 9.10. The molecule has 5 rings (SSSR count). The maximum absolute atomic E-state index is 5.89. The van der Waals surface area contributed by atoms with Crippen LogP contribution in [0.25, 0.3) is 5.69 Å². The largest absolute Gasteiger partial charge is 0.379 e. The minimum atomic E-state index is -0.00477. The Morgan fingerprint density at radius 2 is 1.91 bits per heavy atom. The van der Waals surface area contributed by atoms with Gasteiger partial charge in [0.2, 0.25) is 0 Å². The molecule has 2 atom stereocenters. The van der Waals surface area contributed by atoms with E-state index in [1.54, 1.807) is 0 Å². The molecule has 4 heterocycles. The molecule has 2 saturated heterocycles.